The molecule has 0 saturated carbocycles. The Hall–Kier alpha value is -2.96. The molecule has 4 amide bonds. The Morgan fingerprint density at radius 1 is 1.00 bits per heavy atom. The van der Waals surface area contributed by atoms with Gasteiger partial charge in [0.2, 0.25) is 23.6 Å². The second-order valence-electron chi connectivity index (χ2n) is 7.71. The number of amides is 4. The van der Waals surface area contributed by atoms with Crippen molar-refractivity contribution in [2.24, 2.45) is 11.8 Å². The molecular weight excluding hydrogens is 358 g/mol. The summed E-state index contributed by atoms with van der Waals surface area (Å²) < 4.78 is 0. The van der Waals surface area contributed by atoms with E-state index >= 15 is 0 Å². The highest BCUT2D eigenvalue weighted by atomic mass is 16.2. The molecule has 1 aliphatic carbocycles. The normalized spacial score (nSPS) is 24.2. The molecule has 0 unspecified atom stereocenters. The fraction of sp³-hybridized carbons (Fsp3) is 0.429. The molecule has 4 rings (SSSR count). The third-order valence-electron chi connectivity index (χ3n) is 5.75. The van der Waals surface area contributed by atoms with Crippen molar-refractivity contribution in [1.82, 2.24) is 9.80 Å². The minimum absolute atomic E-state index is 0.0262. The van der Waals surface area contributed by atoms with Crippen molar-refractivity contribution in [3.8, 4) is 0 Å². The minimum Gasteiger partial charge on any atom is -0.338 e. The Bertz CT molecular complexity index is 829. The lowest BCUT2D eigenvalue weighted by molar-refractivity contribution is -0.152. The van der Waals surface area contributed by atoms with Gasteiger partial charge in [0.1, 0.15) is 0 Å². The van der Waals surface area contributed by atoms with Gasteiger partial charge in [-0.2, -0.15) is 0 Å². The van der Waals surface area contributed by atoms with Crippen LogP contribution >= 0.6 is 0 Å². The predicted octanol–water partition coefficient (Wildman–Crippen LogP) is 1.35. The highest BCUT2D eigenvalue weighted by Gasteiger charge is 2.52. The van der Waals surface area contributed by atoms with E-state index in [-0.39, 0.29) is 47.9 Å². The first-order chi connectivity index (χ1) is 13.4. The number of carbonyl (C=O) groups is 4. The molecule has 2 atom stereocenters. The maximum Gasteiger partial charge on any atom is 0.233 e. The number of anilines is 1. The number of nitrogens with one attached hydrogen (secondary N) is 1. The molecule has 2 fully saturated rings. The molecule has 1 N–H and O–H groups in total. The van der Waals surface area contributed by atoms with E-state index in [9.17, 15) is 19.2 Å². The summed E-state index contributed by atoms with van der Waals surface area (Å²) in [5, 5.41) is 2.69. The topological polar surface area (TPSA) is 86.8 Å². The second kappa shape index (κ2) is 7.22. The molecule has 146 valence electrons. The van der Waals surface area contributed by atoms with Gasteiger partial charge in [-0.3, -0.25) is 24.1 Å². The molecule has 0 bridgehead atoms. The zero-order chi connectivity index (χ0) is 19.8. The van der Waals surface area contributed by atoms with Crippen molar-refractivity contribution < 1.29 is 19.2 Å². The van der Waals surface area contributed by atoms with Crippen LogP contribution in [0.2, 0.25) is 0 Å². The molecule has 3 aliphatic rings. The SMILES string of the molecule is CC(=O)Nc1ccc(CC(=O)N2CC(N3C(=O)[C@@H]4CC=CC[C@H]4C3=O)C2)cc1. The van der Waals surface area contributed by atoms with Crippen molar-refractivity contribution in [2.75, 3.05) is 18.4 Å². The number of allylic oxidation sites excluding steroid dienone is 2. The molecule has 0 aromatic heterocycles. The maximum absolute atomic E-state index is 12.6. The fourth-order valence-corrected chi connectivity index (χ4v) is 4.20. The van der Waals surface area contributed by atoms with E-state index in [1.54, 1.807) is 17.0 Å². The Morgan fingerprint density at radius 2 is 1.57 bits per heavy atom. The van der Waals surface area contributed by atoms with Crippen molar-refractivity contribution in [2.45, 2.75) is 32.2 Å². The highest BCUT2D eigenvalue weighted by molar-refractivity contribution is 6.06. The van der Waals surface area contributed by atoms with Gasteiger partial charge in [-0.05, 0) is 30.5 Å². The third-order valence-corrected chi connectivity index (χ3v) is 5.75. The van der Waals surface area contributed by atoms with Crippen molar-refractivity contribution in [1.29, 1.82) is 0 Å². The number of likely N-dealkylation sites (tertiary alicyclic amines) is 2. The van der Waals surface area contributed by atoms with Crippen molar-refractivity contribution in [3.63, 3.8) is 0 Å². The number of fused-ring (bicyclic) bond motifs is 1. The molecule has 7 heteroatoms. The van der Waals surface area contributed by atoms with Gasteiger partial charge < -0.3 is 10.2 Å². The highest BCUT2D eigenvalue weighted by Crippen LogP contribution is 2.37. The van der Waals surface area contributed by atoms with Crippen LogP contribution in [0.4, 0.5) is 5.69 Å². The van der Waals surface area contributed by atoms with Crippen molar-refractivity contribution >= 4 is 29.3 Å². The summed E-state index contributed by atoms with van der Waals surface area (Å²) >= 11 is 0. The Kier molecular flexibility index (Phi) is 4.75. The summed E-state index contributed by atoms with van der Waals surface area (Å²) in [6.07, 6.45) is 5.47. The minimum atomic E-state index is -0.218. The molecule has 2 aliphatic heterocycles. The van der Waals surface area contributed by atoms with Crippen LogP contribution in [0.15, 0.2) is 36.4 Å². The van der Waals surface area contributed by atoms with Crippen LogP contribution in [0.5, 0.6) is 0 Å². The molecule has 28 heavy (non-hydrogen) atoms. The van der Waals surface area contributed by atoms with Gasteiger partial charge in [-0.15, -0.1) is 0 Å². The monoisotopic (exact) mass is 381 g/mol. The lowest BCUT2D eigenvalue weighted by atomic mass is 9.85. The van der Waals surface area contributed by atoms with E-state index in [1.165, 1.54) is 11.8 Å². The van der Waals surface area contributed by atoms with Crippen molar-refractivity contribution in [3.05, 3.63) is 42.0 Å². The average molecular weight is 381 g/mol. The molecule has 1 aromatic carbocycles. The Labute approximate surface area is 163 Å². The van der Waals surface area contributed by atoms with E-state index in [2.05, 4.69) is 5.32 Å². The van der Waals surface area contributed by atoms with Crippen LogP contribution in [0.3, 0.4) is 0 Å². The summed E-state index contributed by atoms with van der Waals surface area (Å²) in [6.45, 7) is 2.26. The summed E-state index contributed by atoms with van der Waals surface area (Å²) in [5.74, 6) is -0.762. The van der Waals surface area contributed by atoms with Crippen LogP contribution in [-0.2, 0) is 25.6 Å². The number of hydrogen-bond acceptors (Lipinski definition) is 4. The molecule has 2 saturated heterocycles. The van der Waals surface area contributed by atoms with Crippen LogP contribution < -0.4 is 5.32 Å². The number of carbonyl (C=O) groups excluding carboxylic acids is 4. The van der Waals surface area contributed by atoms with E-state index in [0.717, 1.165) is 5.56 Å². The first kappa shape index (κ1) is 18.4. The largest absolute Gasteiger partial charge is 0.338 e. The molecule has 0 radical (unpaired) electrons. The third kappa shape index (κ3) is 3.32. The Balaban J connectivity index is 1.31. The predicted molar refractivity (Wildman–Crippen MR) is 102 cm³/mol. The van der Waals surface area contributed by atoms with Crippen LogP contribution in [0.1, 0.15) is 25.3 Å². The number of imide groups is 1. The van der Waals surface area contributed by atoms with E-state index in [0.29, 0.717) is 31.6 Å². The van der Waals surface area contributed by atoms with E-state index in [4.69, 9.17) is 0 Å². The lowest BCUT2D eigenvalue weighted by Crippen LogP contribution is -2.62. The smallest absolute Gasteiger partial charge is 0.233 e. The number of nitrogens with zero attached hydrogens (tertiary/aromatic N) is 2. The molecule has 2 heterocycles. The quantitative estimate of drug-likeness (QED) is 0.630. The summed E-state index contributed by atoms with van der Waals surface area (Å²) in [5.41, 5.74) is 1.54. The van der Waals surface area contributed by atoms with Gasteiger partial charge >= 0.3 is 0 Å². The fourth-order valence-electron chi connectivity index (χ4n) is 4.20. The number of hydrogen-bond donors (Lipinski definition) is 1. The summed E-state index contributed by atoms with van der Waals surface area (Å²) in [7, 11) is 0. The lowest BCUT2D eigenvalue weighted by Gasteiger charge is -2.43. The average Bonchev–Trinajstić information content (AvgIpc) is 2.87. The molecular formula is C21H23N3O4. The van der Waals surface area contributed by atoms with Crippen LogP contribution in [-0.4, -0.2) is 52.6 Å². The van der Waals surface area contributed by atoms with Crippen LogP contribution in [0, 0.1) is 11.8 Å². The Morgan fingerprint density at radius 3 is 2.11 bits per heavy atom. The van der Waals surface area contributed by atoms with Crippen LogP contribution in [0.25, 0.3) is 0 Å². The molecule has 7 nitrogen and oxygen atoms in total. The van der Waals surface area contributed by atoms with E-state index < -0.39 is 0 Å². The van der Waals surface area contributed by atoms with Gasteiger partial charge in [-0.1, -0.05) is 24.3 Å². The van der Waals surface area contributed by atoms with E-state index in [1.807, 2.05) is 24.3 Å². The zero-order valence-corrected chi connectivity index (χ0v) is 15.8. The molecule has 0 spiro atoms. The number of benzene rings is 1. The van der Waals surface area contributed by atoms with Gasteiger partial charge in [0, 0.05) is 25.7 Å². The first-order valence-electron chi connectivity index (χ1n) is 9.60. The number of rotatable bonds is 4. The zero-order valence-electron chi connectivity index (χ0n) is 15.8. The second-order valence-corrected chi connectivity index (χ2v) is 7.71. The van der Waals surface area contributed by atoms with Gasteiger partial charge in [0.15, 0.2) is 0 Å². The van der Waals surface area contributed by atoms with Gasteiger partial charge in [0.25, 0.3) is 0 Å². The van der Waals surface area contributed by atoms with Gasteiger partial charge in [-0.25, -0.2) is 0 Å². The summed E-state index contributed by atoms with van der Waals surface area (Å²) in [4.78, 5) is 51.8. The summed E-state index contributed by atoms with van der Waals surface area (Å²) in [6, 6.07) is 6.95. The van der Waals surface area contributed by atoms with Gasteiger partial charge in [0.05, 0.1) is 24.3 Å². The maximum atomic E-state index is 12.6. The first-order valence-corrected chi connectivity index (χ1v) is 9.60. The molecule has 1 aromatic rings. The standard InChI is InChI=1S/C21H23N3O4/c1-13(25)22-15-8-6-14(7-9-15)10-19(26)23-11-16(12-23)24-20(27)17-4-2-3-5-18(17)21(24)28/h2-3,6-9,16-18H,4-5,10-12H2,1H3,(H,22,25)/t17-,18-/m1/s1.